The van der Waals surface area contributed by atoms with Gasteiger partial charge in [0.05, 0.1) is 6.61 Å². The summed E-state index contributed by atoms with van der Waals surface area (Å²) >= 11 is 1.04. The number of methoxy groups -OCH3 is 1. The first-order chi connectivity index (χ1) is 14.5. The van der Waals surface area contributed by atoms with E-state index in [2.05, 4.69) is 22.2 Å². The van der Waals surface area contributed by atoms with Gasteiger partial charge in [0.15, 0.2) is 5.57 Å². The predicted octanol–water partition coefficient (Wildman–Crippen LogP) is 0.637. The number of carbonyl (C=O) groups is 1. The molecule has 0 aromatic carbocycles. The SMILES string of the molecule is C=CCOC(=O)/C(C#N)=c1\s/c(=C/Nc2ccnc(NCCOC)c2)c(=O)n1CC. The van der Waals surface area contributed by atoms with Gasteiger partial charge in [0.2, 0.25) is 0 Å². The van der Waals surface area contributed by atoms with E-state index in [1.54, 1.807) is 38.6 Å². The topological polar surface area (TPSA) is 118 Å². The van der Waals surface area contributed by atoms with E-state index in [-0.39, 0.29) is 22.4 Å². The first-order valence-corrected chi connectivity index (χ1v) is 9.95. The van der Waals surface area contributed by atoms with Crippen molar-refractivity contribution in [2.75, 3.05) is 37.5 Å². The van der Waals surface area contributed by atoms with Crippen LogP contribution in [0.15, 0.2) is 35.8 Å². The minimum absolute atomic E-state index is 0.0188. The summed E-state index contributed by atoms with van der Waals surface area (Å²) in [6.07, 6.45) is 4.58. The molecule has 0 bridgehead atoms. The number of nitriles is 1. The molecule has 10 heteroatoms. The maximum absolute atomic E-state index is 12.7. The zero-order valence-electron chi connectivity index (χ0n) is 16.8. The normalized spacial score (nSPS) is 12.1. The molecule has 0 aliphatic rings. The van der Waals surface area contributed by atoms with Crippen molar-refractivity contribution < 1.29 is 14.3 Å². The number of pyridine rings is 1. The molecule has 0 spiro atoms. The van der Waals surface area contributed by atoms with Crippen LogP contribution in [0.25, 0.3) is 11.8 Å². The Balaban J connectivity index is 2.39. The van der Waals surface area contributed by atoms with Gasteiger partial charge < -0.3 is 20.1 Å². The van der Waals surface area contributed by atoms with Crippen molar-refractivity contribution in [1.29, 1.82) is 5.26 Å². The second kappa shape index (κ2) is 11.5. The van der Waals surface area contributed by atoms with E-state index in [4.69, 9.17) is 9.47 Å². The fourth-order valence-electron chi connectivity index (χ4n) is 2.43. The number of ether oxygens (including phenoxy) is 2. The molecule has 2 aromatic rings. The third kappa shape index (κ3) is 5.79. The van der Waals surface area contributed by atoms with Crippen LogP contribution in [-0.2, 0) is 20.8 Å². The summed E-state index contributed by atoms with van der Waals surface area (Å²) in [5.74, 6) is -0.130. The van der Waals surface area contributed by atoms with E-state index in [0.29, 0.717) is 30.0 Å². The quantitative estimate of drug-likeness (QED) is 0.321. The highest BCUT2D eigenvalue weighted by molar-refractivity contribution is 7.07. The average Bonchev–Trinajstić information content (AvgIpc) is 3.06. The Kier molecular flexibility index (Phi) is 8.80. The van der Waals surface area contributed by atoms with Crippen molar-refractivity contribution >= 4 is 40.6 Å². The molecule has 30 heavy (non-hydrogen) atoms. The zero-order valence-corrected chi connectivity index (χ0v) is 17.6. The number of thiazole rings is 1. The molecule has 0 fully saturated rings. The van der Waals surface area contributed by atoms with Crippen molar-refractivity contribution in [2.24, 2.45) is 0 Å². The van der Waals surface area contributed by atoms with Gasteiger partial charge in [-0.05, 0) is 13.0 Å². The number of rotatable bonds is 10. The molecule has 0 aliphatic carbocycles. The van der Waals surface area contributed by atoms with Crippen molar-refractivity contribution in [2.45, 2.75) is 13.5 Å². The van der Waals surface area contributed by atoms with Crippen LogP contribution in [0.1, 0.15) is 6.92 Å². The lowest BCUT2D eigenvalue weighted by molar-refractivity contribution is -0.135. The molecule has 2 aromatic heterocycles. The van der Waals surface area contributed by atoms with Gasteiger partial charge in [-0.1, -0.05) is 12.7 Å². The number of nitrogens with one attached hydrogen (secondary N) is 2. The molecule has 0 atom stereocenters. The lowest BCUT2D eigenvalue weighted by Crippen LogP contribution is -2.32. The van der Waals surface area contributed by atoms with Crippen LogP contribution in [-0.4, -0.2) is 42.4 Å². The van der Waals surface area contributed by atoms with Gasteiger partial charge in [0.25, 0.3) is 5.56 Å². The largest absolute Gasteiger partial charge is 0.457 e. The first-order valence-electron chi connectivity index (χ1n) is 9.13. The second-order valence-electron chi connectivity index (χ2n) is 5.83. The number of nitrogens with zero attached hydrogens (tertiary/aromatic N) is 3. The minimum atomic E-state index is -0.790. The summed E-state index contributed by atoms with van der Waals surface area (Å²) in [6, 6.07) is 5.39. The maximum Gasteiger partial charge on any atom is 0.352 e. The molecule has 0 amide bonds. The average molecular weight is 430 g/mol. The Hall–Kier alpha value is -3.42. The van der Waals surface area contributed by atoms with Crippen molar-refractivity contribution in [3.05, 3.63) is 50.5 Å². The third-order valence-electron chi connectivity index (χ3n) is 3.83. The van der Waals surface area contributed by atoms with Crippen LogP contribution in [0, 0.1) is 11.3 Å². The lowest BCUT2D eigenvalue weighted by Gasteiger charge is -2.06. The highest BCUT2D eigenvalue weighted by Crippen LogP contribution is 2.11. The van der Waals surface area contributed by atoms with Crippen molar-refractivity contribution in [3.8, 4) is 6.07 Å². The van der Waals surface area contributed by atoms with E-state index >= 15 is 0 Å². The molecule has 9 nitrogen and oxygen atoms in total. The van der Waals surface area contributed by atoms with Gasteiger partial charge in [-0.25, -0.2) is 9.78 Å². The summed E-state index contributed by atoms with van der Waals surface area (Å²) in [4.78, 5) is 29.1. The summed E-state index contributed by atoms with van der Waals surface area (Å²) < 4.78 is 11.9. The maximum atomic E-state index is 12.7. The molecular weight excluding hydrogens is 406 g/mol. The lowest BCUT2D eigenvalue weighted by atomic mass is 10.3. The number of anilines is 2. The fraction of sp³-hybridized carbons (Fsp3) is 0.300. The van der Waals surface area contributed by atoms with Crippen LogP contribution < -0.4 is 25.4 Å². The molecular formula is C20H23N5O4S. The van der Waals surface area contributed by atoms with Gasteiger partial charge in [-0.2, -0.15) is 5.26 Å². The molecule has 0 radical (unpaired) electrons. The summed E-state index contributed by atoms with van der Waals surface area (Å²) in [7, 11) is 1.62. The monoisotopic (exact) mass is 429 g/mol. The number of hydrogen-bond acceptors (Lipinski definition) is 9. The molecule has 158 valence electrons. The number of esters is 1. The molecule has 0 unspecified atom stereocenters. The van der Waals surface area contributed by atoms with Crippen molar-refractivity contribution in [3.63, 3.8) is 0 Å². The van der Waals surface area contributed by atoms with Gasteiger partial charge in [-0.3, -0.25) is 9.36 Å². The fourth-order valence-corrected chi connectivity index (χ4v) is 3.50. The van der Waals surface area contributed by atoms with Crippen molar-refractivity contribution in [1.82, 2.24) is 9.55 Å². The van der Waals surface area contributed by atoms with Gasteiger partial charge in [0.1, 0.15) is 27.7 Å². The molecule has 2 rings (SSSR count). The smallest absolute Gasteiger partial charge is 0.352 e. The highest BCUT2D eigenvalue weighted by atomic mass is 32.1. The Morgan fingerprint density at radius 2 is 2.30 bits per heavy atom. The number of aromatic nitrogens is 2. The zero-order chi connectivity index (χ0) is 21.9. The standard InChI is InChI=1S/C20H23N5O4S/c1-4-9-29-20(27)15(12-21)19-25(5-2)18(26)16(30-19)13-24-14-6-7-22-17(11-14)23-8-10-28-3/h4,6-7,11,13H,1,5,8-10H2,2-3H3,(H2,22,23,24)/b16-13+,19-15-. The van der Waals surface area contributed by atoms with Gasteiger partial charge in [0, 0.05) is 44.3 Å². The molecule has 0 aliphatic heterocycles. The highest BCUT2D eigenvalue weighted by Gasteiger charge is 2.16. The summed E-state index contributed by atoms with van der Waals surface area (Å²) in [6.45, 7) is 6.68. The minimum Gasteiger partial charge on any atom is -0.457 e. The van der Waals surface area contributed by atoms with Crippen LogP contribution in [0.2, 0.25) is 0 Å². The summed E-state index contributed by atoms with van der Waals surface area (Å²) in [5, 5.41) is 15.6. The summed E-state index contributed by atoms with van der Waals surface area (Å²) in [5.41, 5.74) is 0.202. The molecule has 2 N–H and O–H groups in total. The van der Waals surface area contributed by atoms with E-state index < -0.39 is 5.97 Å². The van der Waals surface area contributed by atoms with E-state index in [0.717, 1.165) is 17.0 Å². The third-order valence-corrected chi connectivity index (χ3v) is 4.96. The Labute approximate surface area is 177 Å². The Morgan fingerprint density at radius 1 is 1.50 bits per heavy atom. The van der Waals surface area contributed by atoms with Gasteiger partial charge in [-0.15, -0.1) is 11.3 Å². The van der Waals surface area contributed by atoms with E-state index in [1.165, 1.54) is 10.6 Å². The molecule has 0 saturated carbocycles. The second-order valence-corrected chi connectivity index (χ2v) is 6.86. The van der Waals surface area contributed by atoms with E-state index in [9.17, 15) is 14.9 Å². The van der Waals surface area contributed by atoms with Crippen LogP contribution in [0.3, 0.4) is 0 Å². The van der Waals surface area contributed by atoms with Gasteiger partial charge >= 0.3 is 5.97 Å². The molecule has 2 heterocycles. The number of hydrogen-bond donors (Lipinski definition) is 2. The van der Waals surface area contributed by atoms with E-state index in [1.807, 2.05) is 6.07 Å². The Bertz CT molecular complexity index is 1110. The molecule has 0 saturated heterocycles. The Morgan fingerprint density at radius 3 is 2.97 bits per heavy atom. The van der Waals surface area contributed by atoms with Crippen LogP contribution >= 0.6 is 11.3 Å². The predicted molar refractivity (Wildman–Crippen MR) is 116 cm³/mol. The van der Waals surface area contributed by atoms with Crippen LogP contribution in [0.4, 0.5) is 11.5 Å². The first kappa shape index (κ1) is 22.9. The number of carbonyl (C=O) groups excluding carboxylic acids is 1. The van der Waals surface area contributed by atoms with Crippen LogP contribution in [0.5, 0.6) is 0 Å².